The molecule has 0 aliphatic heterocycles. The van der Waals surface area contributed by atoms with Gasteiger partial charge in [-0.1, -0.05) is 12.1 Å². The molecular weight excluding hydrogens is 274 g/mol. The van der Waals surface area contributed by atoms with E-state index in [1.165, 1.54) is 18.2 Å². The standard InChI is InChI=1S/C15H13NO3S/c1-10-9-13(11(2)20-10)15(17)8-7-12-5-3-4-6-14(12)16(18)19/h3-9H,1-2H3/b8-7+. The summed E-state index contributed by atoms with van der Waals surface area (Å²) in [5.74, 6) is -0.134. The van der Waals surface area contributed by atoms with Crippen LogP contribution in [0.1, 0.15) is 25.7 Å². The fourth-order valence-corrected chi connectivity index (χ4v) is 2.85. The van der Waals surface area contributed by atoms with Crippen LogP contribution in [0.3, 0.4) is 0 Å². The van der Waals surface area contributed by atoms with Gasteiger partial charge in [-0.15, -0.1) is 11.3 Å². The van der Waals surface area contributed by atoms with Crippen LogP contribution in [0, 0.1) is 24.0 Å². The largest absolute Gasteiger partial charge is 0.289 e. The Labute approximate surface area is 120 Å². The number of benzene rings is 1. The highest BCUT2D eigenvalue weighted by Crippen LogP contribution is 2.23. The summed E-state index contributed by atoms with van der Waals surface area (Å²) in [5.41, 5.74) is 1.08. The molecular formula is C15H13NO3S. The van der Waals surface area contributed by atoms with E-state index in [4.69, 9.17) is 0 Å². The van der Waals surface area contributed by atoms with E-state index in [1.807, 2.05) is 19.9 Å². The molecule has 1 aromatic carbocycles. The van der Waals surface area contributed by atoms with E-state index < -0.39 is 4.92 Å². The number of ketones is 1. The number of nitro benzene ring substituents is 1. The van der Waals surface area contributed by atoms with Gasteiger partial charge in [0.15, 0.2) is 5.78 Å². The molecule has 0 saturated heterocycles. The second-order valence-electron chi connectivity index (χ2n) is 4.34. The maximum atomic E-state index is 12.1. The summed E-state index contributed by atoms with van der Waals surface area (Å²) in [5, 5.41) is 10.9. The number of nitro groups is 1. The molecule has 0 spiro atoms. The Bertz CT molecular complexity index is 701. The molecule has 4 nitrogen and oxygen atoms in total. The van der Waals surface area contributed by atoms with E-state index in [0.717, 1.165) is 9.75 Å². The van der Waals surface area contributed by atoms with Gasteiger partial charge in [0.2, 0.25) is 0 Å². The first-order valence-electron chi connectivity index (χ1n) is 6.02. The van der Waals surface area contributed by atoms with Crippen molar-refractivity contribution in [1.29, 1.82) is 0 Å². The van der Waals surface area contributed by atoms with Crippen LogP contribution in [-0.2, 0) is 0 Å². The van der Waals surface area contributed by atoms with Crippen LogP contribution in [0.5, 0.6) is 0 Å². The maximum Gasteiger partial charge on any atom is 0.276 e. The summed E-state index contributed by atoms with van der Waals surface area (Å²) in [6, 6.07) is 8.19. The number of thiophene rings is 1. The van der Waals surface area contributed by atoms with Crippen molar-refractivity contribution in [1.82, 2.24) is 0 Å². The average molecular weight is 287 g/mol. The molecule has 20 heavy (non-hydrogen) atoms. The Morgan fingerprint density at radius 1 is 1.30 bits per heavy atom. The second-order valence-corrected chi connectivity index (χ2v) is 5.80. The summed E-state index contributed by atoms with van der Waals surface area (Å²) in [4.78, 5) is 24.5. The molecule has 0 fully saturated rings. The predicted octanol–water partition coefficient (Wildman–Crippen LogP) is 4.17. The first-order chi connectivity index (χ1) is 9.49. The van der Waals surface area contributed by atoms with Gasteiger partial charge in [-0.05, 0) is 38.1 Å². The van der Waals surface area contributed by atoms with Crippen molar-refractivity contribution in [3.8, 4) is 0 Å². The first-order valence-corrected chi connectivity index (χ1v) is 6.83. The zero-order valence-electron chi connectivity index (χ0n) is 11.1. The van der Waals surface area contributed by atoms with Crippen molar-refractivity contribution in [3.05, 3.63) is 67.4 Å². The van der Waals surface area contributed by atoms with E-state index in [0.29, 0.717) is 11.1 Å². The lowest BCUT2D eigenvalue weighted by atomic mass is 10.1. The van der Waals surface area contributed by atoms with Crippen molar-refractivity contribution in [3.63, 3.8) is 0 Å². The molecule has 1 heterocycles. The van der Waals surface area contributed by atoms with Gasteiger partial charge in [0.05, 0.1) is 10.5 Å². The molecule has 0 radical (unpaired) electrons. The minimum Gasteiger partial charge on any atom is -0.289 e. The minimum absolute atomic E-state index is 0.00484. The zero-order chi connectivity index (χ0) is 14.7. The number of para-hydroxylation sites is 1. The summed E-state index contributed by atoms with van der Waals surface area (Å²) >= 11 is 1.56. The number of hydrogen-bond donors (Lipinski definition) is 0. The van der Waals surface area contributed by atoms with Gasteiger partial charge < -0.3 is 0 Å². The normalized spacial score (nSPS) is 10.9. The molecule has 2 aromatic rings. The van der Waals surface area contributed by atoms with Gasteiger partial charge in [0.25, 0.3) is 5.69 Å². The Balaban J connectivity index is 2.28. The van der Waals surface area contributed by atoms with Crippen LogP contribution in [0.25, 0.3) is 6.08 Å². The van der Waals surface area contributed by atoms with Crippen LogP contribution >= 0.6 is 11.3 Å². The third kappa shape index (κ3) is 3.00. The quantitative estimate of drug-likeness (QED) is 0.367. The van der Waals surface area contributed by atoms with E-state index in [1.54, 1.807) is 29.5 Å². The molecule has 5 heteroatoms. The monoisotopic (exact) mass is 287 g/mol. The van der Waals surface area contributed by atoms with Crippen LogP contribution in [-0.4, -0.2) is 10.7 Å². The Kier molecular flexibility index (Phi) is 4.10. The van der Waals surface area contributed by atoms with Crippen LogP contribution in [0.4, 0.5) is 5.69 Å². The van der Waals surface area contributed by atoms with Gasteiger partial charge in [-0.3, -0.25) is 14.9 Å². The molecule has 0 aliphatic rings. The SMILES string of the molecule is Cc1cc(C(=O)/C=C/c2ccccc2[N+](=O)[O-])c(C)s1. The highest BCUT2D eigenvalue weighted by molar-refractivity contribution is 7.12. The summed E-state index contributed by atoms with van der Waals surface area (Å²) in [6.45, 7) is 3.84. The number of carbonyl (C=O) groups excluding carboxylic acids is 1. The topological polar surface area (TPSA) is 60.2 Å². The van der Waals surface area contributed by atoms with Crippen molar-refractivity contribution >= 4 is 28.9 Å². The predicted molar refractivity (Wildman–Crippen MR) is 80.3 cm³/mol. The van der Waals surface area contributed by atoms with Crippen molar-refractivity contribution < 1.29 is 9.72 Å². The highest BCUT2D eigenvalue weighted by Gasteiger charge is 2.12. The van der Waals surface area contributed by atoms with Gasteiger partial charge in [-0.2, -0.15) is 0 Å². The van der Waals surface area contributed by atoms with Crippen LogP contribution < -0.4 is 0 Å². The van der Waals surface area contributed by atoms with Crippen molar-refractivity contribution in [2.24, 2.45) is 0 Å². The van der Waals surface area contributed by atoms with E-state index in [-0.39, 0.29) is 11.5 Å². The lowest BCUT2D eigenvalue weighted by Crippen LogP contribution is -1.95. The molecule has 0 amide bonds. The Morgan fingerprint density at radius 2 is 2.00 bits per heavy atom. The van der Waals surface area contributed by atoms with Crippen LogP contribution in [0.2, 0.25) is 0 Å². The van der Waals surface area contributed by atoms with Crippen molar-refractivity contribution in [2.75, 3.05) is 0 Å². The second kappa shape index (κ2) is 5.79. The number of allylic oxidation sites excluding steroid dienone is 1. The minimum atomic E-state index is -0.454. The summed E-state index contributed by atoms with van der Waals surface area (Å²) in [6.07, 6.45) is 2.88. The molecule has 0 saturated carbocycles. The van der Waals surface area contributed by atoms with E-state index in [9.17, 15) is 14.9 Å². The molecule has 2 rings (SSSR count). The fourth-order valence-electron chi connectivity index (χ4n) is 1.93. The first kappa shape index (κ1) is 14.1. The Morgan fingerprint density at radius 3 is 2.60 bits per heavy atom. The number of aryl methyl sites for hydroxylation is 2. The summed E-state index contributed by atoms with van der Waals surface area (Å²) in [7, 11) is 0. The number of nitrogens with zero attached hydrogens (tertiary/aromatic N) is 1. The van der Waals surface area contributed by atoms with Gasteiger partial charge >= 0.3 is 0 Å². The molecule has 0 bridgehead atoms. The number of hydrogen-bond acceptors (Lipinski definition) is 4. The van der Waals surface area contributed by atoms with Crippen molar-refractivity contribution in [2.45, 2.75) is 13.8 Å². The summed E-state index contributed by atoms with van der Waals surface area (Å²) < 4.78 is 0. The number of carbonyl (C=O) groups is 1. The Hall–Kier alpha value is -2.27. The van der Waals surface area contributed by atoms with Crippen LogP contribution in [0.15, 0.2) is 36.4 Å². The molecule has 1 aromatic heterocycles. The molecule has 0 atom stereocenters. The smallest absolute Gasteiger partial charge is 0.276 e. The van der Waals surface area contributed by atoms with Gasteiger partial charge in [0.1, 0.15) is 0 Å². The van der Waals surface area contributed by atoms with E-state index in [2.05, 4.69) is 0 Å². The maximum absolute atomic E-state index is 12.1. The third-order valence-corrected chi connectivity index (χ3v) is 3.82. The van der Waals surface area contributed by atoms with Gasteiger partial charge in [0, 0.05) is 21.4 Å². The molecule has 102 valence electrons. The fraction of sp³-hybridized carbons (Fsp3) is 0.133. The lowest BCUT2D eigenvalue weighted by Gasteiger charge is -1.96. The third-order valence-electron chi connectivity index (χ3n) is 2.85. The zero-order valence-corrected chi connectivity index (χ0v) is 11.9. The van der Waals surface area contributed by atoms with E-state index >= 15 is 0 Å². The molecule has 0 unspecified atom stereocenters. The molecule has 0 N–H and O–H groups in total. The lowest BCUT2D eigenvalue weighted by molar-refractivity contribution is -0.385. The van der Waals surface area contributed by atoms with Gasteiger partial charge in [-0.25, -0.2) is 0 Å². The molecule has 0 aliphatic carbocycles. The average Bonchev–Trinajstić information content (AvgIpc) is 2.75. The highest BCUT2D eigenvalue weighted by atomic mass is 32.1. The number of rotatable bonds is 4.